The van der Waals surface area contributed by atoms with Crippen LogP contribution in [0.5, 0.6) is 0 Å². The Morgan fingerprint density at radius 2 is 2.04 bits per heavy atom. The Labute approximate surface area is 144 Å². The van der Waals surface area contributed by atoms with Crippen LogP contribution in [0.25, 0.3) is 10.9 Å². The zero-order chi connectivity index (χ0) is 17.6. The van der Waals surface area contributed by atoms with Crippen molar-refractivity contribution in [3.8, 4) is 0 Å². The molecule has 0 bridgehead atoms. The molecule has 1 N–H and O–H groups in total. The number of hydrogen-bond acceptors (Lipinski definition) is 3. The summed E-state index contributed by atoms with van der Waals surface area (Å²) in [5, 5.41) is 11.7. The molecule has 0 fully saturated rings. The number of carbonyl (C=O) groups is 1. The van der Waals surface area contributed by atoms with Gasteiger partial charge in [0.25, 0.3) is 11.6 Å². The summed E-state index contributed by atoms with van der Waals surface area (Å²) in [4.78, 5) is 28.7. The van der Waals surface area contributed by atoms with Crippen LogP contribution in [0.2, 0.25) is 0 Å². The van der Waals surface area contributed by atoms with Gasteiger partial charge in [-0.15, -0.1) is 0 Å². The highest BCUT2D eigenvalue weighted by molar-refractivity contribution is 6.10. The second-order valence-corrected chi connectivity index (χ2v) is 6.35. The van der Waals surface area contributed by atoms with Crippen molar-refractivity contribution in [3.63, 3.8) is 0 Å². The topological polar surface area (TPSA) is 79.2 Å². The first-order valence-electron chi connectivity index (χ1n) is 8.17. The summed E-state index contributed by atoms with van der Waals surface area (Å²) in [5.41, 5.74) is 4.53. The summed E-state index contributed by atoms with van der Waals surface area (Å²) in [6, 6.07) is 11.0. The molecule has 6 heteroatoms. The molecule has 1 amide bonds. The number of fused-ring (bicyclic) bond motifs is 2. The average molecular weight is 335 g/mol. The second kappa shape index (κ2) is 5.73. The van der Waals surface area contributed by atoms with Gasteiger partial charge in [0, 0.05) is 25.4 Å². The highest BCUT2D eigenvalue weighted by atomic mass is 16.6. The van der Waals surface area contributed by atoms with Gasteiger partial charge in [-0.25, -0.2) is 0 Å². The van der Waals surface area contributed by atoms with Crippen LogP contribution in [0.1, 0.15) is 27.0 Å². The highest BCUT2D eigenvalue weighted by Gasteiger charge is 2.27. The largest absolute Gasteiger partial charge is 0.360 e. The summed E-state index contributed by atoms with van der Waals surface area (Å²) in [7, 11) is 0. The van der Waals surface area contributed by atoms with Crippen molar-refractivity contribution in [2.45, 2.75) is 19.9 Å². The molecule has 0 spiro atoms. The number of H-pyrrole nitrogens is 1. The van der Waals surface area contributed by atoms with E-state index >= 15 is 0 Å². The lowest BCUT2D eigenvalue weighted by atomic mass is 9.95. The lowest BCUT2D eigenvalue weighted by Gasteiger charge is -2.30. The first kappa shape index (κ1) is 15.4. The molecule has 1 aliphatic rings. The van der Waals surface area contributed by atoms with Crippen molar-refractivity contribution in [1.29, 1.82) is 0 Å². The van der Waals surface area contributed by atoms with Crippen LogP contribution in [0.4, 0.5) is 5.69 Å². The Morgan fingerprint density at radius 3 is 2.84 bits per heavy atom. The standard InChI is InChI=1S/C19H17N3O3/c1-12-4-2-5-13-8-9-21(11-15(12)13)19(23)14-10-20-16-6-3-7-17(18(14)16)22(24)25/h2-7,10,20H,8-9,11H2,1H3. The molecule has 0 radical (unpaired) electrons. The summed E-state index contributed by atoms with van der Waals surface area (Å²) >= 11 is 0. The van der Waals surface area contributed by atoms with E-state index in [1.54, 1.807) is 23.2 Å². The van der Waals surface area contributed by atoms with E-state index < -0.39 is 4.92 Å². The molecule has 0 unspecified atom stereocenters. The molecule has 6 nitrogen and oxygen atoms in total. The SMILES string of the molecule is Cc1cccc2c1CN(C(=O)c1c[nH]c3cccc([N+](=O)[O-])c13)CC2. The fourth-order valence-corrected chi connectivity index (χ4v) is 3.58. The molecule has 2 aromatic carbocycles. The molecule has 1 aromatic heterocycles. The van der Waals surface area contributed by atoms with E-state index in [1.165, 1.54) is 22.8 Å². The van der Waals surface area contributed by atoms with Gasteiger partial charge in [0.1, 0.15) is 0 Å². The molecule has 0 aliphatic carbocycles. The molecule has 3 aromatic rings. The fraction of sp³-hybridized carbons (Fsp3) is 0.211. The van der Waals surface area contributed by atoms with Crippen LogP contribution >= 0.6 is 0 Å². The van der Waals surface area contributed by atoms with Crippen molar-refractivity contribution in [2.75, 3.05) is 6.54 Å². The van der Waals surface area contributed by atoms with Crippen molar-refractivity contribution in [1.82, 2.24) is 9.88 Å². The van der Waals surface area contributed by atoms with Crippen LogP contribution in [0.15, 0.2) is 42.6 Å². The van der Waals surface area contributed by atoms with E-state index in [2.05, 4.69) is 11.1 Å². The minimum absolute atomic E-state index is 0.0457. The van der Waals surface area contributed by atoms with Crippen LogP contribution in [-0.2, 0) is 13.0 Å². The smallest absolute Gasteiger partial charge is 0.279 e. The van der Waals surface area contributed by atoms with Crippen LogP contribution in [0, 0.1) is 17.0 Å². The lowest BCUT2D eigenvalue weighted by molar-refractivity contribution is -0.383. The van der Waals surface area contributed by atoms with E-state index in [4.69, 9.17) is 0 Å². The monoisotopic (exact) mass is 335 g/mol. The molecule has 0 atom stereocenters. The first-order valence-corrected chi connectivity index (χ1v) is 8.17. The molecule has 2 heterocycles. The van der Waals surface area contributed by atoms with Gasteiger partial charge < -0.3 is 9.88 Å². The highest BCUT2D eigenvalue weighted by Crippen LogP contribution is 2.31. The predicted molar refractivity (Wildman–Crippen MR) is 94.6 cm³/mol. The van der Waals surface area contributed by atoms with Crippen molar-refractivity contribution >= 4 is 22.5 Å². The number of aromatic amines is 1. The summed E-state index contributed by atoms with van der Waals surface area (Å²) in [5.74, 6) is -0.172. The predicted octanol–water partition coefficient (Wildman–Crippen LogP) is 3.58. The third-order valence-corrected chi connectivity index (χ3v) is 4.91. The number of nitro benzene ring substituents is 1. The molecule has 1 aliphatic heterocycles. The number of nitrogens with one attached hydrogen (secondary N) is 1. The van der Waals surface area contributed by atoms with Gasteiger partial charge in [-0.1, -0.05) is 24.3 Å². The molecule has 25 heavy (non-hydrogen) atoms. The van der Waals surface area contributed by atoms with Gasteiger partial charge in [0.05, 0.1) is 21.4 Å². The Balaban J connectivity index is 1.74. The Morgan fingerprint density at radius 1 is 1.24 bits per heavy atom. The summed E-state index contributed by atoms with van der Waals surface area (Å²) < 4.78 is 0. The number of amides is 1. The van der Waals surface area contributed by atoms with Gasteiger partial charge >= 0.3 is 0 Å². The zero-order valence-electron chi connectivity index (χ0n) is 13.8. The number of benzene rings is 2. The quantitative estimate of drug-likeness (QED) is 0.574. The molecule has 4 rings (SSSR count). The number of rotatable bonds is 2. The minimum atomic E-state index is -0.442. The van der Waals surface area contributed by atoms with E-state index in [-0.39, 0.29) is 11.6 Å². The third kappa shape index (κ3) is 2.46. The minimum Gasteiger partial charge on any atom is -0.360 e. The van der Waals surface area contributed by atoms with Crippen LogP contribution in [0.3, 0.4) is 0 Å². The Bertz CT molecular complexity index is 1010. The zero-order valence-corrected chi connectivity index (χ0v) is 13.8. The van der Waals surface area contributed by atoms with E-state index in [0.717, 1.165) is 6.42 Å². The maximum atomic E-state index is 13.1. The van der Waals surface area contributed by atoms with Crippen LogP contribution < -0.4 is 0 Å². The number of aryl methyl sites for hydroxylation is 1. The number of nitro groups is 1. The first-order chi connectivity index (χ1) is 12.1. The number of non-ortho nitro benzene ring substituents is 1. The number of aromatic nitrogens is 1. The summed E-state index contributed by atoms with van der Waals surface area (Å²) in [6.45, 7) is 3.19. The molecular weight excluding hydrogens is 318 g/mol. The van der Waals surface area contributed by atoms with Gasteiger partial charge in [-0.05, 0) is 36.1 Å². The molecule has 0 saturated heterocycles. The van der Waals surface area contributed by atoms with E-state index in [1.807, 2.05) is 19.1 Å². The Kier molecular flexibility index (Phi) is 3.53. The number of nitrogens with zero attached hydrogens (tertiary/aromatic N) is 2. The molecular formula is C19H17N3O3. The molecule has 126 valence electrons. The maximum Gasteiger partial charge on any atom is 0.279 e. The van der Waals surface area contributed by atoms with E-state index in [9.17, 15) is 14.9 Å². The van der Waals surface area contributed by atoms with Gasteiger partial charge in [0.15, 0.2) is 0 Å². The summed E-state index contributed by atoms with van der Waals surface area (Å²) in [6.07, 6.45) is 2.38. The second-order valence-electron chi connectivity index (χ2n) is 6.35. The number of carbonyl (C=O) groups excluding carboxylic acids is 1. The average Bonchev–Trinajstić information content (AvgIpc) is 3.05. The van der Waals surface area contributed by atoms with Crippen molar-refractivity contribution < 1.29 is 9.72 Å². The molecule has 0 saturated carbocycles. The lowest BCUT2D eigenvalue weighted by Crippen LogP contribution is -2.36. The van der Waals surface area contributed by atoms with Crippen molar-refractivity contribution in [3.05, 3.63) is 75.0 Å². The van der Waals surface area contributed by atoms with Crippen LogP contribution in [-0.4, -0.2) is 27.3 Å². The van der Waals surface area contributed by atoms with Gasteiger partial charge in [0.2, 0.25) is 0 Å². The van der Waals surface area contributed by atoms with Gasteiger partial charge in [-0.2, -0.15) is 0 Å². The normalized spacial score (nSPS) is 13.7. The fourth-order valence-electron chi connectivity index (χ4n) is 3.58. The maximum absolute atomic E-state index is 13.1. The third-order valence-electron chi connectivity index (χ3n) is 4.91. The Hall–Kier alpha value is -3.15. The van der Waals surface area contributed by atoms with Crippen molar-refractivity contribution in [2.24, 2.45) is 0 Å². The number of hydrogen-bond donors (Lipinski definition) is 1. The van der Waals surface area contributed by atoms with Gasteiger partial charge in [-0.3, -0.25) is 14.9 Å². The van der Waals surface area contributed by atoms with E-state index in [0.29, 0.717) is 29.6 Å².